The molecule has 0 aliphatic carbocycles. The van der Waals surface area contributed by atoms with Crippen LogP contribution in [0.3, 0.4) is 0 Å². The number of nitrogens with zero attached hydrogens (tertiary/aromatic N) is 3. The highest BCUT2D eigenvalue weighted by molar-refractivity contribution is 7.17. The van der Waals surface area contributed by atoms with Gasteiger partial charge >= 0.3 is 0 Å². The monoisotopic (exact) mass is 325 g/mol. The fraction of sp³-hybridized carbons (Fsp3) is 0.333. The smallest absolute Gasteiger partial charge is 0.150 e. The molecule has 1 saturated heterocycles. The Labute approximate surface area is 139 Å². The molecule has 0 spiro atoms. The Bertz CT molecular complexity index is 781. The van der Waals surface area contributed by atoms with Crippen molar-refractivity contribution < 1.29 is 5.11 Å². The minimum Gasteiger partial charge on any atom is -0.388 e. The molecule has 2 aromatic heterocycles. The van der Waals surface area contributed by atoms with Crippen molar-refractivity contribution in [1.29, 1.82) is 0 Å². The van der Waals surface area contributed by atoms with Gasteiger partial charge in [-0.15, -0.1) is 11.3 Å². The van der Waals surface area contributed by atoms with Crippen LogP contribution in [0.1, 0.15) is 24.5 Å². The molecule has 5 heteroatoms. The van der Waals surface area contributed by atoms with E-state index in [4.69, 9.17) is 0 Å². The topological polar surface area (TPSA) is 49.2 Å². The van der Waals surface area contributed by atoms with Gasteiger partial charge in [0.2, 0.25) is 0 Å². The fourth-order valence-electron chi connectivity index (χ4n) is 3.35. The van der Waals surface area contributed by atoms with Crippen LogP contribution < -0.4 is 4.90 Å². The van der Waals surface area contributed by atoms with Crippen molar-refractivity contribution in [3.63, 3.8) is 0 Å². The van der Waals surface area contributed by atoms with Crippen LogP contribution in [-0.4, -0.2) is 28.2 Å². The molecule has 1 aliphatic heterocycles. The first-order valence-corrected chi connectivity index (χ1v) is 8.87. The molecule has 4 nitrogen and oxygen atoms in total. The van der Waals surface area contributed by atoms with Gasteiger partial charge in [0.1, 0.15) is 12.1 Å². The van der Waals surface area contributed by atoms with Crippen molar-refractivity contribution in [3.8, 4) is 0 Å². The minimum atomic E-state index is -0.370. The number of aliphatic hydroxyl groups is 1. The summed E-state index contributed by atoms with van der Waals surface area (Å²) < 4.78 is 1.16. The van der Waals surface area contributed by atoms with E-state index in [-0.39, 0.29) is 6.10 Å². The van der Waals surface area contributed by atoms with E-state index >= 15 is 0 Å². The van der Waals surface area contributed by atoms with Gasteiger partial charge < -0.3 is 10.0 Å². The van der Waals surface area contributed by atoms with Crippen LogP contribution in [-0.2, 0) is 0 Å². The Morgan fingerprint density at radius 1 is 1.09 bits per heavy atom. The molecular formula is C18H19N3OS. The average Bonchev–Trinajstić information content (AvgIpc) is 3.11. The third-order valence-corrected chi connectivity index (χ3v) is 5.55. The summed E-state index contributed by atoms with van der Waals surface area (Å²) in [5.41, 5.74) is 2.04. The number of rotatable bonds is 3. The zero-order valence-corrected chi connectivity index (χ0v) is 13.6. The maximum Gasteiger partial charge on any atom is 0.150 e. The van der Waals surface area contributed by atoms with Gasteiger partial charge in [-0.3, -0.25) is 0 Å². The van der Waals surface area contributed by atoms with Gasteiger partial charge in [-0.05, 0) is 35.8 Å². The Hall–Kier alpha value is -1.98. The number of aromatic nitrogens is 2. The Balaban J connectivity index is 1.48. The van der Waals surface area contributed by atoms with Crippen LogP contribution in [0.5, 0.6) is 0 Å². The van der Waals surface area contributed by atoms with Gasteiger partial charge in [0.15, 0.2) is 0 Å². The Morgan fingerprint density at radius 2 is 1.87 bits per heavy atom. The predicted molar refractivity (Wildman–Crippen MR) is 93.8 cm³/mol. The molecule has 0 saturated carbocycles. The number of benzene rings is 1. The lowest BCUT2D eigenvalue weighted by atomic mass is 9.87. The van der Waals surface area contributed by atoms with Crippen LogP contribution in [0, 0.1) is 5.92 Å². The highest BCUT2D eigenvalue weighted by atomic mass is 32.1. The molecule has 1 aliphatic rings. The Morgan fingerprint density at radius 3 is 2.65 bits per heavy atom. The number of hydrogen-bond donors (Lipinski definition) is 1. The number of piperidine rings is 1. The third kappa shape index (κ3) is 2.82. The van der Waals surface area contributed by atoms with Crippen molar-refractivity contribution >= 4 is 27.4 Å². The van der Waals surface area contributed by atoms with Crippen molar-refractivity contribution in [2.75, 3.05) is 18.0 Å². The first-order chi connectivity index (χ1) is 11.3. The maximum absolute atomic E-state index is 10.6. The van der Waals surface area contributed by atoms with E-state index < -0.39 is 0 Å². The number of fused-ring (bicyclic) bond motifs is 1. The van der Waals surface area contributed by atoms with Gasteiger partial charge in [-0.2, -0.15) is 0 Å². The van der Waals surface area contributed by atoms with E-state index in [2.05, 4.69) is 20.2 Å². The molecule has 3 aromatic rings. The van der Waals surface area contributed by atoms with Crippen LogP contribution >= 0.6 is 11.3 Å². The van der Waals surface area contributed by atoms with E-state index in [1.54, 1.807) is 17.7 Å². The van der Waals surface area contributed by atoms with E-state index in [0.29, 0.717) is 5.92 Å². The molecular weight excluding hydrogens is 306 g/mol. The van der Waals surface area contributed by atoms with E-state index in [1.807, 2.05) is 36.4 Å². The zero-order valence-electron chi connectivity index (χ0n) is 12.8. The molecule has 1 N–H and O–H groups in total. The molecule has 118 valence electrons. The van der Waals surface area contributed by atoms with Gasteiger partial charge in [-0.1, -0.05) is 30.3 Å². The Kier molecular flexibility index (Phi) is 3.97. The van der Waals surface area contributed by atoms with Crippen LogP contribution in [0.15, 0.2) is 48.1 Å². The third-order valence-electron chi connectivity index (χ3n) is 4.65. The van der Waals surface area contributed by atoms with Crippen molar-refractivity contribution in [1.82, 2.24) is 9.97 Å². The van der Waals surface area contributed by atoms with Crippen molar-refractivity contribution in [3.05, 3.63) is 53.7 Å². The summed E-state index contributed by atoms with van der Waals surface area (Å²) in [4.78, 5) is 11.1. The number of hydrogen-bond acceptors (Lipinski definition) is 5. The van der Waals surface area contributed by atoms with E-state index in [1.165, 1.54) is 0 Å². The molecule has 4 rings (SSSR count). The highest BCUT2D eigenvalue weighted by Gasteiger charge is 2.27. The maximum atomic E-state index is 10.6. The fourth-order valence-corrected chi connectivity index (χ4v) is 4.21. The molecule has 0 amide bonds. The van der Waals surface area contributed by atoms with Crippen molar-refractivity contribution in [2.45, 2.75) is 18.9 Å². The first-order valence-electron chi connectivity index (χ1n) is 7.99. The molecule has 3 heterocycles. The van der Waals surface area contributed by atoms with E-state index in [0.717, 1.165) is 47.5 Å². The molecule has 1 aromatic carbocycles. The summed E-state index contributed by atoms with van der Waals surface area (Å²) in [5, 5.41) is 12.7. The highest BCUT2D eigenvalue weighted by Crippen LogP contribution is 2.34. The molecule has 1 fully saturated rings. The summed E-state index contributed by atoms with van der Waals surface area (Å²) in [5.74, 6) is 1.35. The van der Waals surface area contributed by atoms with Gasteiger partial charge in [0, 0.05) is 13.1 Å². The second kappa shape index (κ2) is 6.26. The molecule has 1 atom stereocenters. The lowest BCUT2D eigenvalue weighted by Crippen LogP contribution is -2.36. The van der Waals surface area contributed by atoms with Gasteiger partial charge in [0.05, 0.1) is 16.3 Å². The largest absolute Gasteiger partial charge is 0.388 e. The second-order valence-electron chi connectivity index (χ2n) is 6.01. The molecule has 0 radical (unpaired) electrons. The second-order valence-corrected chi connectivity index (χ2v) is 6.93. The van der Waals surface area contributed by atoms with Gasteiger partial charge in [-0.25, -0.2) is 9.97 Å². The summed E-state index contributed by atoms with van der Waals surface area (Å²) in [6, 6.07) is 12.0. The molecule has 23 heavy (non-hydrogen) atoms. The average molecular weight is 325 g/mol. The van der Waals surface area contributed by atoms with Crippen LogP contribution in [0.25, 0.3) is 10.2 Å². The summed E-state index contributed by atoms with van der Waals surface area (Å²) >= 11 is 1.70. The molecule has 0 unspecified atom stereocenters. The standard InChI is InChI=1S/C18H19N3OS/c22-16(13-4-2-1-3-5-13)14-6-9-21(10-7-14)18-17-15(8-11-23-17)19-12-20-18/h1-5,8,11-12,14,16,22H,6-7,9-10H2/t16-/m0/s1. The van der Waals surface area contributed by atoms with E-state index in [9.17, 15) is 5.11 Å². The van der Waals surface area contributed by atoms with Crippen LogP contribution in [0.4, 0.5) is 5.82 Å². The first kappa shape index (κ1) is 14.6. The van der Waals surface area contributed by atoms with Gasteiger partial charge in [0.25, 0.3) is 0 Å². The zero-order chi connectivity index (χ0) is 15.6. The predicted octanol–water partition coefficient (Wildman–Crippen LogP) is 3.64. The number of aliphatic hydroxyl groups excluding tert-OH is 1. The quantitative estimate of drug-likeness (QED) is 0.799. The summed E-state index contributed by atoms with van der Waals surface area (Å²) in [6.07, 6.45) is 3.24. The minimum absolute atomic E-state index is 0.314. The van der Waals surface area contributed by atoms with Crippen LogP contribution in [0.2, 0.25) is 0 Å². The lowest BCUT2D eigenvalue weighted by molar-refractivity contribution is 0.0929. The summed E-state index contributed by atoms with van der Waals surface area (Å²) in [6.45, 7) is 1.86. The molecule has 0 bridgehead atoms. The summed E-state index contributed by atoms with van der Waals surface area (Å²) in [7, 11) is 0. The lowest BCUT2D eigenvalue weighted by Gasteiger charge is -2.35. The normalized spacial score (nSPS) is 17.5. The number of anilines is 1. The SMILES string of the molecule is O[C@@H](c1ccccc1)C1CCN(c2ncnc3ccsc23)CC1. The van der Waals surface area contributed by atoms with Crippen molar-refractivity contribution in [2.24, 2.45) is 5.92 Å². The number of thiophene rings is 1.